The van der Waals surface area contributed by atoms with Crippen molar-refractivity contribution in [1.29, 1.82) is 0 Å². The summed E-state index contributed by atoms with van der Waals surface area (Å²) in [6.45, 7) is 0. The number of amides is 2. The molecule has 2 aromatic carbocycles. The van der Waals surface area contributed by atoms with Crippen molar-refractivity contribution in [2.75, 3.05) is 5.32 Å². The summed E-state index contributed by atoms with van der Waals surface area (Å²) in [5.74, 6) is -0.522. The van der Waals surface area contributed by atoms with Crippen LogP contribution in [0.4, 0.5) is 5.69 Å². The lowest BCUT2D eigenvalue weighted by Crippen LogP contribution is -2.20. The maximum atomic E-state index is 11.8. The summed E-state index contributed by atoms with van der Waals surface area (Å²) in [4.78, 5) is 23.5. The van der Waals surface area contributed by atoms with E-state index in [1.54, 1.807) is 18.3 Å². The molecule has 0 bridgehead atoms. The van der Waals surface area contributed by atoms with Gasteiger partial charge < -0.3 is 5.32 Å². The maximum absolute atomic E-state index is 11.8. The van der Waals surface area contributed by atoms with Gasteiger partial charge >= 0.3 is 0 Å². The molecular formula is C17H15BrIN3O2. The van der Waals surface area contributed by atoms with E-state index in [1.165, 1.54) is 0 Å². The summed E-state index contributed by atoms with van der Waals surface area (Å²) in [5.41, 5.74) is 3.99. The number of nitrogens with one attached hydrogen (secondary N) is 2. The minimum Gasteiger partial charge on any atom is -0.326 e. The zero-order valence-electron chi connectivity index (χ0n) is 12.6. The fourth-order valence-electron chi connectivity index (χ4n) is 1.80. The van der Waals surface area contributed by atoms with E-state index >= 15 is 0 Å². The van der Waals surface area contributed by atoms with E-state index in [0.29, 0.717) is 5.69 Å². The predicted molar refractivity (Wildman–Crippen MR) is 107 cm³/mol. The van der Waals surface area contributed by atoms with Gasteiger partial charge in [0.05, 0.1) is 6.21 Å². The number of hydrogen-bond donors (Lipinski definition) is 2. The van der Waals surface area contributed by atoms with Gasteiger partial charge in [-0.15, -0.1) is 0 Å². The van der Waals surface area contributed by atoms with Crippen LogP contribution in [0.25, 0.3) is 0 Å². The van der Waals surface area contributed by atoms with Crippen LogP contribution >= 0.6 is 38.5 Å². The van der Waals surface area contributed by atoms with Crippen molar-refractivity contribution in [2.45, 2.75) is 12.8 Å². The summed E-state index contributed by atoms with van der Waals surface area (Å²) in [5, 5.41) is 6.62. The summed E-state index contributed by atoms with van der Waals surface area (Å²) in [6, 6.07) is 15.0. The number of nitrogens with zero attached hydrogens (tertiary/aromatic N) is 1. The van der Waals surface area contributed by atoms with Crippen LogP contribution in [-0.4, -0.2) is 18.0 Å². The van der Waals surface area contributed by atoms with Crippen molar-refractivity contribution in [3.8, 4) is 0 Å². The van der Waals surface area contributed by atoms with E-state index in [4.69, 9.17) is 0 Å². The first-order chi connectivity index (χ1) is 11.5. The fraction of sp³-hybridized carbons (Fsp3) is 0.118. The largest absolute Gasteiger partial charge is 0.326 e. The molecule has 0 aromatic heterocycles. The summed E-state index contributed by atoms with van der Waals surface area (Å²) in [6.07, 6.45) is 1.73. The molecule has 2 rings (SSSR count). The Morgan fingerprint density at radius 3 is 2.50 bits per heavy atom. The molecule has 0 saturated heterocycles. The van der Waals surface area contributed by atoms with Crippen LogP contribution in [0.3, 0.4) is 0 Å². The molecule has 2 amide bonds. The van der Waals surface area contributed by atoms with E-state index in [2.05, 4.69) is 54.4 Å². The Balaban J connectivity index is 1.72. The Morgan fingerprint density at radius 2 is 1.79 bits per heavy atom. The lowest BCUT2D eigenvalue weighted by molar-refractivity contribution is -0.124. The lowest BCUT2D eigenvalue weighted by atomic mass is 10.2. The summed E-state index contributed by atoms with van der Waals surface area (Å²) in [7, 11) is 0. The number of carbonyl (C=O) groups excluding carboxylic acids is 2. The first kappa shape index (κ1) is 18.6. The zero-order valence-corrected chi connectivity index (χ0v) is 16.4. The third-order valence-electron chi connectivity index (χ3n) is 2.96. The second-order valence-electron chi connectivity index (χ2n) is 4.90. The second kappa shape index (κ2) is 9.53. The summed E-state index contributed by atoms with van der Waals surface area (Å²) >= 11 is 5.55. The van der Waals surface area contributed by atoms with E-state index in [-0.39, 0.29) is 24.7 Å². The Hall–Kier alpha value is -1.74. The topological polar surface area (TPSA) is 70.6 Å². The lowest BCUT2D eigenvalue weighted by Gasteiger charge is -2.05. The van der Waals surface area contributed by atoms with Gasteiger partial charge in [0.1, 0.15) is 0 Å². The highest BCUT2D eigenvalue weighted by Gasteiger charge is 2.06. The molecule has 124 valence electrons. The van der Waals surface area contributed by atoms with E-state index in [9.17, 15) is 9.59 Å². The molecular weight excluding hydrogens is 485 g/mol. The molecule has 2 aromatic rings. The van der Waals surface area contributed by atoms with Gasteiger partial charge in [-0.05, 0) is 58.5 Å². The minimum atomic E-state index is -0.304. The van der Waals surface area contributed by atoms with Gasteiger partial charge in [-0.2, -0.15) is 5.10 Å². The van der Waals surface area contributed by atoms with E-state index in [1.807, 2.05) is 36.4 Å². The monoisotopic (exact) mass is 499 g/mol. The molecule has 0 atom stereocenters. The van der Waals surface area contributed by atoms with E-state index in [0.717, 1.165) is 13.6 Å². The van der Waals surface area contributed by atoms with Gasteiger partial charge in [0.25, 0.3) is 0 Å². The number of carbonyl (C=O) groups is 2. The van der Waals surface area contributed by atoms with Crippen LogP contribution in [-0.2, 0) is 9.59 Å². The molecule has 24 heavy (non-hydrogen) atoms. The van der Waals surface area contributed by atoms with E-state index < -0.39 is 0 Å². The number of halogens is 2. The number of hydrogen-bond acceptors (Lipinski definition) is 3. The third-order valence-corrected chi connectivity index (χ3v) is 4.17. The van der Waals surface area contributed by atoms with Gasteiger partial charge in [-0.25, -0.2) is 5.43 Å². The Kier molecular flexibility index (Phi) is 7.38. The molecule has 0 saturated carbocycles. The number of anilines is 1. The van der Waals surface area contributed by atoms with Crippen molar-refractivity contribution >= 4 is 62.2 Å². The van der Waals surface area contributed by atoms with Gasteiger partial charge in [0, 0.05) is 26.6 Å². The Labute approximate surface area is 162 Å². The highest BCUT2D eigenvalue weighted by molar-refractivity contribution is 14.1. The molecule has 0 aliphatic rings. The highest BCUT2D eigenvalue weighted by Crippen LogP contribution is 2.15. The molecule has 0 heterocycles. The van der Waals surface area contributed by atoms with Crippen LogP contribution in [0, 0.1) is 3.57 Å². The highest BCUT2D eigenvalue weighted by atomic mass is 127. The average Bonchev–Trinajstić information content (AvgIpc) is 2.55. The summed E-state index contributed by atoms with van der Waals surface area (Å²) < 4.78 is 2.01. The zero-order chi connectivity index (χ0) is 17.4. The van der Waals surface area contributed by atoms with Gasteiger partial charge in [-0.1, -0.05) is 34.1 Å². The smallest absolute Gasteiger partial charge is 0.240 e. The molecule has 0 aliphatic heterocycles. The van der Waals surface area contributed by atoms with Crippen LogP contribution in [0.15, 0.2) is 58.1 Å². The maximum Gasteiger partial charge on any atom is 0.240 e. The van der Waals surface area contributed by atoms with Crippen molar-refractivity contribution < 1.29 is 9.59 Å². The molecule has 0 unspecified atom stereocenters. The molecule has 0 fully saturated rings. The predicted octanol–water partition coefficient (Wildman–Crippen LogP) is 3.92. The van der Waals surface area contributed by atoms with Gasteiger partial charge in [-0.3, -0.25) is 9.59 Å². The molecule has 0 radical (unpaired) electrons. The fourth-order valence-corrected chi connectivity index (χ4v) is 2.56. The van der Waals surface area contributed by atoms with Crippen molar-refractivity contribution in [3.05, 3.63) is 62.1 Å². The first-order valence-corrected chi connectivity index (χ1v) is 9.03. The first-order valence-electron chi connectivity index (χ1n) is 7.16. The minimum absolute atomic E-state index is 0.0733. The average molecular weight is 500 g/mol. The standard InChI is InChI=1S/C17H15BrIN3O2/c18-13-2-1-3-15(10-13)21-16(23)8-9-17(24)22-20-11-12-4-6-14(19)7-5-12/h1-7,10-11H,8-9H2,(H,21,23)(H,22,24)/b20-11+. The third kappa shape index (κ3) is 6.79. The van der Waals surface area contributed by atoms with Crippen molar-refractivity contribution in [3.63, 3.8) is 0 Å². The molecule has 5 nitrogen and oxygen atoms in total. The SMILES string of the molecule is O=C(CCC(=O)Nc1cccc(Br)c1)N/N=C/c1ccc(I)cc1. The van der Waals surface area contributed by atoms with Crippen LogP contribution < -0.4 is 10.7 Å². The Bertz CT molecular complexity index is 748. The van der Waals surface area contributed by atoms with Crippen molar-refractivity contribution in [2.24, 2.45) is 5.10 Å². The molecule has 2 N–H and O–H groups in total. The number of rotatable bonds is 6. The van der Waals surface area contributed by atoms with Gasteiger partial charge in [0.15, 0.2) is 0 Å². The second-order valence-corrected chi connectivity index (χ2v) is 7.06. The van der Waals surface area contributed by atoms with Crippen LogP contribution in [0.5, 0.6) is 0 Å². The molecule has 7 heteroatoms. The number of hydrazone groups is 1. The van der Waals surface area contributed by atoms with Crippen LogP contribution in [0.1, 0.15) is 18.4 Å². The van der Waals surface area contributed by atoms with Crippen molar-refractivity contribution in [1.82, 2.24) is 5.43 Å². The van der Waals surface area contributed by atoms with Gasteiger partial charge in [0.2, 0.25) is 11.8 Å². The normalized spacial score (nSPS) is 10.6. The molecule has 0 spiro atoms. The van der Waals surface area contributed by atoms with Crippen LogP contribution in [0.2, 0.25) is 0 Å². The molecule has 0 aliphatic carbocycles. The Morgan fingerprint density at radius 1 is 1.08 bits per heavy atom. The number of benzene rings is 2. The quantitative estimate of drug-likeness (QED) is 0.359.